The van der Waals surface area contributed by atoms with Crippen molar-refractivity contribution in [1.29, 1.82) is 0 Å². The van der Waals surface area contributed by atoms with Crippen molar-refractivity contribution in [1.82, 2.24) is 4.90 Å². The zero-order chi connectivity index (χ0) is 9.40. The topological polar surface area (TPSA) is 29.5 Å². The second-order valence-corrected chi connectivity index (χ2v) is 2.87. The third kappa shape index (κ3) is 6.16. The lowest BCUT2D eigenvalue weighted by atomic mass is 10.3. The van der Waals surface area contributed by atoms with Crippen LogP contribution >= 0.6 is 0 Å². The van der Waals surface area contributed by atoms with Gasteiger partial charge in [0.05, 0.1) is 0 Å². The number of hydrogen-bond donors (Lipinski definition) is 0. The molecule has 0 aliphatic heterocycles. The molecule has 0 amide bonds. The molecule has 0 spiro atoms. The fraction of sp³-hybridized carbons (Fsp3) is 0.889. The standard InChI is InChI=1S/C9H19NO2/c1-4-6-9(11)12-8-7-10(3)5-2/h4-8H2,1-3H3. The van der Waals surface area contributed by atoms with Gasteiger partial charge < -0.3 is 9.64 Å². The van der Waals surface area contributed by atoms with E-state index >= 15 is 0 Å². The van der Waals surface area contributed by atoms with Crippen molar-refractivity contribution < 1.29 is 9.53 Å². The van der Waals surface area contributed by atoms with Crippen molar-refractivity contribution >= 4 is 5.97 Å². The van der Waals surface area contributed by atoms with E-state index in [1.165, 1.54) is 0 Å². The first-order valence-corrected chi connectivity index (χ1v) is 4.54. The number of carbonyl (C=O) groups is 1. The Bertz CT molecular complexity index is 126. The van der Waals surface area contributed by atoms with Crippen molar-refractivity contribution in [2.75, 3.05) is 26.7 Å². The molecule has 0 saturated carbocycles. The molecule has 0 bridgehead atoms. The Balaban J connectivity index is 3.24. The molecule has 3 heteroatoms. The molecule has 0 aromatic rings. The number of ether oxygens (including phenoxy) is 1. The molecule has 0 aliphatic carbocycles. The van der Waals surface area contributed by atoms with Gasteiger partial charge in [0.15, 0.2) is 0 Å². The second-order valence-electron chi connectivity index (χ2n) is 2.87. The van der Waals surface area contributed by atoms with Crippen LogP contribution in [0.1, 0.15) is 26.7 Å². The van der Waals surface area contributed by atoms with E-state index in [1.54, 1.807) is 0 Å². The van der Waals surface area contributed by atoms with Crippen LogP contribution in [-0.2, 0) is 9.53 Å². The number of rotatable bonds is 6. The second kappa shape index (κ2) is 7.10. The minimum atomic E-state index is -0.0815. The van der Waals surface area contributed by atoms with E-state index in [9.17, 15) is 4.79 Å². The average molecular weight is 173 g/mol. The summed E-state index contributed by atoms with van der Waals surface area (Å²) in [4.78, 5) is 13.0. The maximum Gasteiger partial charge on any atom is 0.305 e. The number of esters is 1. The largest absolute Gasteiger partial charge is 0.464 e. The van der Waals surface area contributed by atoms with Gasteiger partial charge >= 0.3 is 5.97 Å². The summed E-state index contributed by atoms with van der Waals surface area (Å²) in [6.07, 6.45) is 1.40. The van der Waals surface area contributed by atoms with Crippen LogP contribution in [0, 0.1) is 0 Å². The van der Waals surface area contributed by atoms with Crippen LogP contribution in [0.2, 0.25) is 0 Å². The summed E-state index contributed by atoms with van der Waals surface area (Å²) in [6, 6.07) is 0. The summed E-state index contributed by atoms with van der Waals surface area (Å²) in [5, 5.41) is 0. The molecule has 0 atom stereocenters. The lowest BCUT2D eigenvalue weighted by Gasteiger charge is -2.13. The Hall–Kier alpha value is -0.570. The monoisotopic (exact) mass is 173 g/mol. The van der Waals surface area contributed by atoms with E-state index in [1.807, 2.05) is 14.0 Å². The number of nitrogens with zero attached hydrogens (tertiary/aromatic N) is 1. The first kappa shape index (κ1) is 11.4. The van der Waals surface area contributed by atoms with Crippen LogP contribution in [0.5, 0.6) is 0 Å². The quantitative estimate of drug-likeness (QED) is 0.567. The highest BCUT2D eigenvalue weighted by Crippen LogP contribution is 1.91. The summed E-state index contributed by atoms with van der Waals surface area (Å²) in [7, 11) is 2.01. The smallest absolute Gasteiger partial charge is 0.305 e. The van der Waals surface area contributed by atoms with Crippen LogP contribution in [0.15, 0.2) is 0 Å². The van der Waals surface area contributed by atoms with Gasteiger partial charge in [-0.05, 0) is 20.0 Å². The molecule has 0 aliphatic rings. The van der Waals surface area contributed by atoms with Crippen LogP contribution in [0.25, 0.3) is 0 Å². The van der Waals surface area contributed by atoms with E-state index in [0.29, 0.717) is 13.0 Å². The van der Waals surface area contributed by atoms with Crippen LogP contribution < -0.4 is 0 Å². The molecule has 0 fully saturated rings. The van der Waals surface area contributed by atoms with Gasteiger partial charge in [-0.2, -0.15) is 0 Å². The SMILES string of the molecule is CCCC(=O)OCCN(C)CC. The van der Waals surface area contributed by atoms with Crippen molar-refractivity contribution in [2.24, 2.45) is 0 Å². The molecule has 0 saturated heterocycles. The molecule has 0 radical (unpaired) electrons. The third-order valence-corrected chi connectivity index (χ3v) is 1.73. The predicted molar refractivity (Wildman–Crippen MR) is 49.0 cm³/mol. The molecule has 72 valence electrons. The van der Waals surface area contributed by atoms with Gasteiger partial charge in [-0.3, -0.25) is 4.79 Å². The molecule has 12 heavy (non-hydrogen) atoms. The molecular formula is C9H19NO2. The fourth-order valence-corrected chi connectivity index (χ4v) is 0.750. The summed E-state index contributed by atoms with van der Waals surface area (Å²) in [6.45, 7) is 6.38. The van der Waals surface area contributed by atoms with Gasteiger partial charge in [-0.15, -0.1) is 0 Å². The Morgan fingerprint density at radius 1 is 1.42 bits per heavy atom. The Kier molecular flexibility index (Phi) is 6.76. The van der Waals surface area contributed by atoms with Crippen molar-refractivity contribution in [3.63, 3.8) is 0 Å². The van der Waals surface area contributed by atoms with Crippen LogP contribution in [0.3, 0.4) is 0 Å². The third-order valence-electron chi connectivity index (χ3n) is 1.73. The summed E-state index contributed by atoms with van der Waals surface area (Å²) < 4.78 is 4.97. The maximum atomic E-state index is 10.9. The van der Waals surface area contributed by atoms with Gasteiger partial charge in [0, 0.05) is 13.0 Å². The molecule has 0 heterocycles. The number of likely N-dealkylation sites (N-methyl/N-ethyl adjacent to an activating group) is 1. The summed E-state index contributed by atoms with van der Waals surface area (Å²) in [5.74, 6) is -0.0815. The first-order chi connectivity index (χ1) is 5.70. The van der Waals surface area contributed by atoms with Gasteiger partial charge in [-0.1, -0.05) is 13.8 Å². The lowest BCUT2D eigenvalue weighted by Crippen LogP contribution is -2.23. The highest BCUT2D eigenvalue weighted by atomic mass is 16.5. The Labute approximate surface area is 74.7 Å². The van der Waals surface area contributed by atoms with Gasteiger partial charge in [0.2, 0.25) is 0 Å². The molecule has 0 N–H and O–H groups in total. The molecule has 0 rings (SSSR count). The first-order valence-electron chi connectivity index (χ1n) is 4.54. The maximum absolute atomic E-state index is 10.9. The highest BCUT2D eigenvalue weighted by Gasteiger charge is 2.00. The van der Waals surface area contributed by atoms with Crippen LogP contribution in [0.4, 0.5) is 0 Å². The zero-order valence-corrected chi connectivity index (χ0v) is 8.30. The van der Waals surface area contributed by atoms with Gasteiger partial charge in [0.25, 0.3) is 0 Å². The lowest BCUT2D eigenvalue weighted by molar-refractivity contribution is -0.144. The van der Waals surface area contributed by atoms with E-state index in [4.69, 9.17) is 4.74 Å². The normalized spacial score (nSPS) is 10.3. The number of carbonyl (C=O) groups excluding carboxylic acids is 1. The minimum Gasteiger partial charge on any atom is -0.464 e. The van der Waals surface area contributed by atoms with Gasteiger partial charge in [-0.25, -0.2) is 0 Å². The fourth-order valence-electron chi connectivity index (χ4n) is 0.750. The predicted octanol–water partition coefficient (Wildman–Crippen LogP) is 1.28. The van der Waals surface area contributed by atoms with Crippen LogP contribution in [-0.4, -0.2) is 37.6 Å². The van der Waals surface area contributed by atoms with Gasteiger partial charge in [0.1, 0.15) is 6.61 Å². The van der Waals surface area contributed by atoms with E-state index in [0.717, 1.165) is 19.5 Å². The van der Waals surface area contributed by atoms with E-state index in [2.05, 4.69) is 11.8 Å². The Morgan fingerprint density at radius 3 is 2.58 bits per heavy atom. The molecular weight excluding hydrogens is 154 g/mol. The molecule has 0 unspecified atom stereocenters. The molecule has 3 nitrogen and oxygen atoms in total. The van der Waals surface area contributed by atoms with E-state index < -0.39 is 0 Å². The summed E-state index contributed by atoms with van der Waals surface area (Å²) in [5.41, 5.74) is 0. The van der Waals surface area contributed by atoms with E-state index in [-0.39, 0.29) is 5.97 Å². The van der Waals surface area contributed by atoms with Crippen molar-refractivity contribution in [3.8, 4) is 0 Å². The average Bonchev–Trinajstić information content (AvgIpc) is 2.04. The Morgan fingerprint density at radius 2 is 2.08 bits per heavy atom. The van der Waals surface area contributed by atoms with Crippen molar-refractivity contribution in [2.45, 2.75) is 26.7 Å². The van der Waals surface area contributed by atoms with Crippen molar-refractivity contribution in [3.05, 3.63) is 0 Å². The zero-order valence-electron chi connectivity index (χ0n) is 8.30. The molecule has 0 aromatic heterocycles. The minimum absolute atomic E-state index is 0.0815. The number of hydrogen-bond acceptors (Lipinski definition) is 3. The highest BCUT2D eigenvalue weighted by molar-refractivity contribution is 5.69. The summed E-state index contributed by atoms with van der Waals surface area (Å²) >= 11 is 0. The molecule has 0 aromatic carbocycles.